The summed E-state index contributed by atoms with van der Waals surface area (Å²) in [5.41, 5.74) is 8.24. The second kappa shape index (κ2) is 6.48. The standard InChI is InChI=1S/C14H11Br3FN/c15-9-2-4-12(16)11(6-9)14(19)5-8-1-3-10(18)7-13(8)17/h1-4,6-7,14H,5,19H2. The first-order valence-electron chi connectivity index (χ1n) is 5.62. The summed E-state index contributed by atoms with van der Waals surface area (Å²) in [7, 11) is 0. The van der Waals surface area contributed by atoms with E-state index in [0.717, 1.165) is 24.5 Å². The average molecular weight is 452 g/mol. The largest absolute Gasteiger partial charge is 0.324 e. The maximum Gasteiger partial charge on any atom is 0.124 e. The summed E-state index contributed by atoms with van der Waals surface area (Å²) in [4.78, 5) is 0. The summed E-state index contributed by atoms with van der Waals surface area (Å²) >= 11 is 10.3. The van der Waals surface area contributed by atoms with Crippen LogP contribution in [0.3, 0.4) is 0 Å². The Balaban J connectivity index is 2.25. The third kappa shape index (κ3) is 3.88. The number of halogens is 4. The molecule has 1 nitrogen and oxygen atoms in total. The van der Waals surface area contributed by atoms with Gasteiger partial charge in [-0.3, -0.25) is 0 Å². The van der Waals surface area contributed by atoms with E-state index in [-0.39, 0.29) is 11.9 Å². The SMILES string of the molecule is NC(Cc1ccc(F)cc1Br)c1cc(Br)ccc1Br. The van der Waals surface area contributed by atoms with Gasteiger partial charge >= 0.3 is 0 Å². The number of nitrogens with two attached hydrogens (primary N) is 1. The molecule has 0 aliphatic rings. The molecule has 0 aliphatic carbocycles. The maximum absolute atomic E-state index is 13.0. The number of benzene rings is 2. The van der Waals surface area contributed by atoms with E-state index in [1.807, 2.05) is 18.2 Å². The van der Waals surface area contributed by atoms with Crippen LogP contribution in [0.2, 0.25) is 0 Å². The Morgan fingerprint density at radius 1 is 1.00 bits per heavy atom. The van der Waals surface area contributed by atoms with Crippen molar-refractivity contribution in [3.8, 4) is 0 Å². The van der Waals surface area contributed by atoms with Gasteiger partial charge in [0.25, 0.3) is 0 Å². The van der Waals surface area contributed by atoms with Crippen LogP contribution >= 0.6 is 47.8 Å². The van der Waals surface area contributed by atoms with Gasteiger partial charge in [-0.25, -0.2) is 4.39 Å². The third-order valence-electron chi connectivity index (χ3n) is 2.81. The first kappa shape index (κ1) is 15.2. The quantitative estimate of drug-likeness (QED) is 0.668. The molecule has 100 valence electrons. The molecule has 0 aromatic heterocycles. The van der Waals surface area contributed by atoms with Crippen LogP contribution in [0.15, 0.2) is 49.8 Å². The zero-order chi connectivity index (χ0) is 14.0. The van der Waals surface area contributed by atoms with Crippen molar-refractivity contribution in [2.75, 3.05) is 0 Å². The molecule has 0 bridgehead atoms. The van der Waals surface area contributed by atoms with Crippen LogP contribution in [0.25, 0.3) is 0 Å². The molecule has 1 unspecified atom stereocenters. The highest BCUT2D eigenvalue weighted by molar-refractivity contribution is 9.11. The highest BCUT2D eigenvalue weighted by Gasteiger charge is 2.13. The normalized spacial score (nSPS) is 12.5. The van der Waals surface area contributed by atoms with Gasteiger partial charge in [-0.05, 0) is 47.9 Å². The highest BCUT2D eigenvalue weighted by atomic mass is 79.9. The topological polar surface area (TPSA) is 26.0 Å². The van der Waals surface area contributed by atoms with Crippen LogP contribution in [0, 0.1) is 5.82 Å². The Bertz CT molecular complexity index is 601. The van der Waals surface area contributed by atoms with Gasteiger partial charge in [0.1, 0.15) is 5.82 Å². The molecule has 0 radical (unpaired) electrons. The van der Waals surface area contributed by atoms with Gasteiger partial charge in [-0.1, -0.05) is 53.9 Å². The molecule has 0 fully saturated rings. The van der Waals surface area contributed by atoms with E-state index in [0.29, 0.717) is 6.42 Å². The molecule has 0 saturated heterocycles. The van der Waals surface area contributed by atoms with E-state index in [2.05, 4.69) is 47.8 Å². The van der Waals surface area contributed by atoms with Crippen molar-refractivity contribution in [3.63, 3.8) is 0 Å². The molecule has 19 heavy (non-hydrogen) atoms. The van der Waals surface area contributed by atoms with E-state index in [1.54, 1.807) is 6.07 Å². The molecule has 0 spiro atoms. The lowest BCUT2D eigenvalue weighted by Crippen LogP contribution is -2.14. The molecule has 0 saturated carbocycles. The molecule has 2 aromatic carbocycles. The summed E-state index contributed by atoms with van der Waals surface area (Å²) < 4.78 is 15.8. The van der Waals surface area contributed by atoms with Crippen LogP contribution in [0.4, 0.5) is 4.39 Å². The fourth-order valence-electron chi connectivity index (χ4n) is 1.83. The summed E-state index contributed by atoms with van der Waals surface area (Å²) in [6.45, 7) is 0. The molecule has 2 N–H and O–H groups in total. The Morgan fingerprint density at radius 3 is 2.42 bits per heavy atom. The predicted octanol–water partition coefficient (Wildman–Crippen LogP) is 5.36. The molecule has 2 aromatic rings. The number of hydrogen-bond donors (Lipinski definition) is 1. The lowest BCUT2D eigenvalue weighted by molar-refractivity contribution is 0.624. The Hall–Kier alpha value is -0.230. The van der Waals surface area contributed by atoms with Crippen LogP contribution < -0.4 is 5.73 Å². The van der Waals surface area contributed by atoms with Crippen LogP contribution in [0.1, 0.15) is 17.2 Å². The predicted molar refractivity (Wildman–Crippen MR) is 86.6 cm³/mol. The van der Waals surface area contributed by atoms with E-state index >= 15 is 0 Å². The monoisotopic (exact) mass is 449 g/mol. The van der Waals surface area contributed by atoms with E-state index in [9.17, 15) is 4.39 Å². The summed E-state index contributed by atoms with van der Waals surface area (Å²) in [5, 5.41) is 0. The van der Waals surface area contributed by atoms with E-state index < -0.39 is 0 Å². The van der Waals surface area contributed by atoms with Gasteiger partial charge in [-0.15, -0.1) is 0 Å². The molecular weight excluding hydrogens is 441 g/mol. The van der Waals surface area contributed by atoms with E-state index in [4.69, 9.17) is 5.73 Å². The summed E-state index contributed by atoms with van der Waals surface area (Å²) in [5.74, 6) is -0.257. The number of hydrogen-bond acceptors (Lipinski definition) is 1. The van der Waals surface area contributed by atoms with Gasteiger partial charge in [0.15, 0.2) is 0 Å². The summed E-state index contributed by atoms with van der Waals surface area (Å²) in [6.07, 6.45) is 0.635. The lowest BCUT2D eigenvalue weighted by Gasteiger charge is -2.15. The van der Waals surface area contributed by atoms with Crippen LogP contribution in [-0.2, 0) is 6.42 Å². The zero-order valence-electron chi connectivity index (χ0n) is 9.84. The fraction of sp³-hybridized carbons (Fsp3) is 0.143. The average Bonchev–Trinajstić information content (AvgIpc) is 2.35. The Labute approximate surface area is 136 Å². The molecular formula is C14H11Br3FN. The van der Waals surface area contributed by atoms with Crippen molar-refractivity contribution < 1.29 is 4.39 Å². The van der Waals surface area contributed by atoms with Gasteiger partial charge < -0.3 is 5.73 Å². The Morgan fingerprint density at radius 2 is 1.74 bits per heavy atom. The van der Waals surface area contributed by atoms with Crippen LogP contribution in [-0.4, -0.2) is 0 Å². The smallest absolute Gasteiger partial charge is 0.124 e. The molecule has 0 heterocycles. The van der Waals surface area contributed by atoms with Gasteiger partial charge in [0.2, 0.25) is 0 Å². The molecule has 0 aliphatic heterocycles. The third-order valence-corrected chi connectivity index (χ3v) is 4.77. The molecule has 1 atom stereocenters. The first-order chi connectivity index (χ1) is 8.97. The second-order valence-electron chi connectivity index (χ2n) is 4.21. The Kier molecular flexibility index (Phi) is 5.17. The van der Waals surface area contributed by atoms with Crippen molar-refractivity contribution in [1.82, 2.24) is 0 Å². The van der Waals surface area contributed by atoms with Crippen molar-refractivity contribution in [3.05, 3.63) is 66.8 Å². The van der Waals surface area contributed by atoms with Crippen molar-refractivity contribution in [2.24, 2.45) is 5.73 Å². The minimum atomic E-state index is -0.257. The molecule has 0 amide bonds. The zero-order valence-corrected chi connectivity index (χ0v) is 14.6. The van der Waals surface area contributed by atoms with Crippen molar-refractivity contribution in [2.45, 2.75) is 12.5 Å². The number of rotatable bonds is 3. The van der Waals surface area contributed by atoms with Gasteiger partial charge in [-0.2, -0.15) is 0 Å². The second-order valence-corrected chi connectivity index (χ2v) is 6.84. The van der Waals surface area contributed by atoms with Gasteiger partial charge in [0, 0.05) is 19.5 Å². The minimum Gasteiger partial charge on any atom is -0.324 e. The molecule has 2 rings (SSSR count). The maximum atomic E-state index is 13.0. The highest BCUT2D eigenvalue weighted by Crippen LogP contribution is 2.29. The van der Waals surface area contributed by atoms with E-state index in [1.165, 1.54) is 12.1 Å². The van der Waals surface area contributed by atoms with Crippen molar-refractivity contribution in [1.29, 1.82) is 0 Å². The van der Waals surface area contributed by atoms with Gasteiger partial charge in [0.05, 0.1) is 0 Å². The lowest BCUT2D eigenvalue weighted by atomic mass is 10.00. The summed E-state index contributed by atoms with van der Waals surface area (Å²) in [6, 6.07) is 10.4. The molecule has 5 heteroatoms. The fourth-order valence-corrected chi connectivity index (χ4v) is 3.27. The van der Waals surface area contributed by atoms with Crippen molar-refractivity contribution >= 4 is 47.8 Å². The van der Waals surface area contributed by atoms with Crippen LogP contribution in [0.5, 0.6) is 0 Å². The minimum absolute atomic E-state index is 0.159. The first-order valence-corrected chi connectivity index (χ1v) is 7.99.